The maximum absolute atomic E-state index is 12.3. The molecule has 0 spiro atoms. The van der Waals surface area contributed by atoms with Crippen molar-refractivity contribution in [1.82, 2.24) is 9.88 Å². The number of amides is 2. The van der Waals surface area contributed by atoms with Gasteiger partial charge in [0.2, 0.25) is 0 Å². The minimum Gasteiger partial charge on any atom is -0.378 e. The van der Waals surface area contributed by atoms with Crippen LogP contribution < -0.4 is 5.32 Å². The van der Waals surface area contributed by atoms with Crippen molar-refractivity contribution >= 4 is 27.6 Å². The van der Waals surface area contributed by atoms with Gasteiger partial charge in [-0.3, -0.25) is 4.98 Å². The van der Waals surface area contributed by atoms with Crippen molar-refractivity contribution in [3.8, 4) is 0 Å². The molecule has 20 heavy (non-hydrogen) atoms. The number of anilines is 1. The molecule has 1 atom stereocenters. The summed E-state index contributed by atoms with van der Waals surface area (Å²) in [4.78, 5) is 18.1. The van der Waals surface area contributed by atoms with Crippen LogP contribution in [-0.2, 0) is 4.74 Å². The summed E-state index contributed by atoms with van der Waals surface area (Å²) in [6.45, 7) is 3.57. The fourth-order valence-corrected chi connectivity index (χ4v) is 2.68. The minimum atomic E-state index is -0.119. The average molecular weight is 342 g/mol. The molecule has 0 aromatic carbocycles. The molecule has 0 bridgehead atoms. The van der Waals surface area contributed by atoms with E-state index in [-0.39, 0.29) is 11.6 Å². The van der Waals surface area contributed by atoms with Gasteiger partial charge in [-0.05, 0) is 48.2 Å². The number of rotatable bonds is 2. The van der Waals surface area contributed by atoms with Crippen molar-refractivity contribution in [1.29, 1.82) is 0 Å². The van der Waals surface area contributed by atoms with Crippen LogP contribution in [0.2, 0.25) is 0 Å². The third-order valence-corrected chi connectivity index (χ3v) is 4.47. The highest BCUT2D eigenvalue weighted by atomic mass is 79.9. The lowest BCUT2D eigenvalue weighted by atomic mass is 9.97. The highest BCUT2D eigenvalue weighted by Gasteiger charge is 2.29. The van der Waals surface area contributed by atoms with Crippen LogP contribution in [0.4, 0.5) is 10.5 Å². The summed E-state index contributed by atoms with van der Waals surface area (Å²) in [5.74, 6) is 0. The molecule has 1 aliphatic rings. The summed E-state index contributed by atoms with van der Waals surface area (Å²) >= 11 is 3.38. The Labute approximate surface area is 127 Å². The van der Waals surface area contributed by atoms with Gasteiger partial charge in [0.25, 0.3) is 0 Å². The number of nitrogens with one attached hydrogen (secondary N) is 1. The summed E-state index contributed by atoms with van der Waals surface area (Å²) in [5, 5.41) is 2.91. The molecule has 2 amide bonds. The molecular formula is C14H20BrN3O2. The van der Waals surface area contributed by atoms with Gasteiger partial charge in [-0.25, -0.2) is 4.79 Å². The average Bonchev–Trinajstić information content (AvgIpc) is 2.64. The number of hydrogen-bond acceptors (Lipinski definition) is 3. The standard InChI is InChI=1S/C14H20BrN3O2/c1-14(20-2)5-3-8-18(9-6-14)13(19)17-12-4-7-16-10-11(12)15/h4,7,10H,3,5-6,8-9H2,1-2H3,(H,16,17,19). The first-order valence-corrected chi connectivity index (χ1v) is 7.54. The number of halogens is 1. The van der Waals surface area contributed by atoms with Crippen LogP contribution >= 0.6 is 15.9 Å². The molecule has 110 valence electrons. The third kappa shape index (κ3) is 3.70. The van der Waals surface area contributed by atoms with Crippen LogP contribution in [0.1, 0.15) is 26.2 Å². The lowest BCUT2D eigenvalue weighted by Crippen LogP contribution is -2.37. The zero-order valence-electron chi connectivity index (χ0n) is 11.9. The normalized spacial score (nSPS) is 23.2. The quantitative estimate of drug-likeness (QED) is 0.898. The molecule has 1 unspecified atom stereocenters. The number of carbonyl (C=O) groups is 1. The van der Waals surface area contributed by atoms with Gasteiger partial charge in [-0.2, -0.15) is 0 Å². The zero-order valence-corrected chi connectivity index (χ0v) is 13.4. The Morgan fingerprint density at radius 1 is 1.50 bits per heavy atom. The SMILES string of the molecule is COC1(C)CCCN(C(=O)Nc2ccncc2Br)CC1. The first-order valence-electron chi connectivity index (χ1n) is 6.75. The molecule has 1 saturated heterocycles. The van der Waals surface area contributed by atoms with E-state index >= 15 is 0 Å². The summed E-state index contributed by atoms with van der Waals surface area (Å²) in [6, 6.07) is 1.70. The molecule has 6 heteroatoms. The Balaban J connectivity index is 1.98. The summed E-state index contributed by atoms with van der Waals surface area (Å²) in [6.07, 6.45) is 6.11. The number of nitrogens with zero attached hydrogens (tertiary/aromatic N) is 2. The smallest absolute Gasteiger partial charge is 0.321 e. The van der Waals surface area contributed by atoms with E-state index in [0.717, 1.165) is 36.0 Å². The second-order valence-electron chi connectivity index (χ2n) is 5.28. The predicted octanol–water partition coefficient (Wildman–Crippen LogP) is 3.27. The lowest BCUT2D eigenvalue weighted by Gasteiger charge is -2.26. The van der Waals surface area contributed by atoms with Crippen molar-refractivity contribution in [2.45, 2.75) is 31.8 Å². The molecule has 0 saturated carbocycles. The van der Waals surface area contributed by atoms with E-state index in [1.165, 1.54) is 0 Å². The fraction of sp³-hybridized carbons (Fsp3) is 0.571. The van der Waals surface area contributed by atoms with Gasteiger partial charge in [0.15, 0.2) is 0 Å². The molecule has 2 heterocycles. The Morgan fingerprint density at radius 2 is 2.30 bits per heavy atom. The van der Waals surface area contributed by atoms with E-state index in [2.05, 4.69) is 33.2 Å². The van der Waals surface area contributed by atoms with E-state index in [1.807, 2.05) is 4.90 Å². The second kappa shape index (κ2) is 6.54. The zero-order chi connectivity index (χ0) is 14.6. The number of carbonyl (C=O) groups excluding carboxylic acids is 1. The van der Waals surface area contributed by atoms with Crippen LogP contribution in [0.25, 0.3) is 0 Å². The molecule has 1 aliphatic heterocycles. The van der Waals surface area contributed by atoms with Gasteiger partial charge >= 0.3 is 6.03 Å². The van der Waals surface area contributed by atoms with Crippen molar-refractivity contribution in [3.63, 3.8) is 0 Å². The lowest BCUT2D eigenvalue weighted by molar-refractivity contribution is -0.00491. The number of ether oxygens (including phenoxy) is 1. The molecular weight excluding hydrogens is 322 g/mol. The summed E-state index contributed by atoms with van der Waals surface area (Å²) in [5.41, 5.74) is 0.621. The number of urea groups is 1. The van der Waals surface area contributed by atoms with Crippen LogP contribution in [0, 0.1) is 0 Å². The predicted molar refractivity (Wildman–Crippen MR) is 81.8 cm³/mol. The van der Waals surface area contributed by atoms with E-state index < -0.39 is 0 Å². The maximum atomic E-state index is 12.3. The van der Waals surface area contributed by atoms with Gasteiger partial charge in [0.05, 0.1) is 15.8 Å². The first kappa shape index (κ1) is 15.3. The van der Waals surface area contributed by atoms with E-state index in [4.69, 9.17) is 4.74 Å². The molecule has 0 radical (unpaired) electrons. The topological polar surface area (TPSA) is 54.5 Å². The number of methoxy groups -OCH3 is 1. The second-order valence-corrected chi connectivity index (χ2v) is 6.13. The maximum Gasteiger partial charge on any atom is 0.321 e. The minimum absolute atomic E-state index is 0.0720. The molecule has 1 N–H and O–H groups in total. The molecule has 1 aromatic rings. The highest BCUT2D eigenvalue weighted by Crippen LogP contribution is 2.26. The van der Waals surface area contributed by atoms with Gasteiger partial charge in [0, 0.05) is 32.6 Å². The number of hydrogen-bond donors (Lipinski definition) is 1. The van der Waals surface area contributed by atoms with Crippen molar-refractivity contribution in [2.24, 2.45) is 0 Å². The Hall–Kier alpha value is -1.14. The van der Waals surface area contributed by atoms with Crippen LogP contribution in [0.15, 0.2) is 22.9 Å². The number of pyridine rings is 1. The Morgan fingerprint density at radius 3 is 3.00 bits per heavy atom. The Bertz CT molecular complexity index is 483. The fourth-order valence-electron chi connectivity index (χ4n) is 2.33. The van der Waals surface area contributed by atoms with Gasteiger partial charge in [0.1, 0.15) is 0 Å². The number of likely N-dealkylation sites (tertiary alicyclic amines) is 1. The van der Waals surface area contributed by atoms with E-state index in [1.54, 1.807) is 25.6 Å². The monoisotopic (exact) mass is 341 g/mol. The van der Waals surface area contributed by atoms with Gasteiger partial charge in [-0.1, -0.05) is 0 Å². The largest absolute Gasteiger partial charge is 0.378 e. The van der Waals surface area contributed by atoms with Gasteiger partial charge < -0.3 is 15.0 Å². The first-order chi connectivity index (χ1) is 9.54. The summed E-state index contributed by atoms with van der Waals surface area (Å²) < 4.78 is 6.33. The molecule has 0 aliphatic carbocycles. The molecule has 2 rings (SSSR count). The van der Waals surface area contributed by atoms with E-state index in [0.29, 0.717) is 6.54 Å². The van der Waals surface area contributed by atoms with Crippen LogP contribution in [0.3, 0.4) is 0 Å². The van der Waals surface area contributed by atoms with Crippen molar-refractivity contribution < 1.29 is 9.53 Å². The van der Waals surface area contributed by atoms with Crippen LogP contribution in [0.5, 0.6) is 0 Å². The van der Waals surface area contributed by atoms with Crippen molar-refractivity contribution in [2.75, 3.05) is 25.5 Å². The number of aromatic nitrogens is 1. The third-order valence-electron chi connectivity index (χ3n) is 3.84. The van der Waals surface area contributed by atoms with Crippen molar-refractivity contribution in [3.05, 3.63) is 22.9 Å². The summed E-state index contributed by atoms with van der Waals surface area (Å²) in [7, 11) is 1.74. The molecule has 1 aromatic heterocycles. The molecule has 1 fully saturated rings. The van der Waals surface area contributed by atoms with Gasteiger partial charge in [-0.15, -0.1) is 0 Å². The van der Waals surface area contributed by atoms with E-state index in [9.17, 15) is 4.79 Å². The van der Waals surface area contributed by atoms with Crippen LogP contribution in [-0.4, -0.2) is 41.7 Å². The Kier molecular flexibility index (Phi) is 4.99. The highest BCUT2D eigenvalue weighted by molar-refractivity contribution is 9.10. The molecule has 5 nitrogen and oxygen atoms in total.